The number of hydrogen-bond acceptors (Lipinski definition) is 5. The first-order chi connectivity index (χ1) is 33.0. The highest BCUT2D eigenvalue weighted by Gasteiger charge is 2.18. The zero-order valence-electron chi connectivity index (χ0n) is 44.9. The largest absolute Gasteiger partial charge is 0.466 e. The van der Waals surface area contributed by atoms with Gasteiger partial charge in [0, 0.05) is 12.8 Å². The number of aliphatic hydroxyl groups is 2. The molecule has 1 amide bonds. The number of amides is 1. The summed E-state index contributed by atoms with van der Waals surface area (Å²) in [6.45, 7) is 4.87. The van der Waals surface area contributed by atoms with Crippen molar-refractivity contribution in [2.45, 2.75) is 328 Å². The molecule has 0 spiro atoms. The van der Waals surface area contributed by atoms with Gasteiger partial charge < -0.3 is 20.3 Å². The van der Waals surface area contributed by atoms with E-state index in [-0.39, 0.29) is 18.5 Å². The number of carbonyl (C=O) groups excluding carboxylic acids is 2. The number of nitrogens with one attached hydrogen (secondary N) is 1. The Bertz CT molecular complexity index is 1090. The summed E-state index contributed by atoms with van der Waals surface area (Å²) in [7, 11) is 0. The molecule has 67 heavy (non-hydrogen) atoms. The van der Waals surface area contributed by atoms with Crippen molar-refractivity contribution in [3.05, 3.63) is 36.5 Å². The van der Waals surface area contributed by atoms with Crippen LogP contribution in [0.3, 0.4) is 0 Å². The minimum Gasteiger partial charge on any atom is -0.466 e. The Morgan fingerprint density at radius 3 is 1.16 bits per heavy atom. The van der Waals surface area contributed by atoms with Crippen molar-refractivity contribution in [3.63, 3.8) is 0 Å². The van der Waals surface area contributed by atoms with Gasteiger partial charge in [-0.3, -0.25) is 9.59 Å². The van der Waals surface area contributed by atoms with Crippen LogP contribution in [0.1, 0.15) is 316 Å². The number of rotatable bonds is 55. The Morgan fingerprint density at radius 1 is 0.418 bits per heavy atom. The van der Waals surface area contributed by atoms with Crippen LogP contribution in [0.4, 0.5) is 0 Å². The second-order valence-electron chi connectivity index (χ2n) is 20.3. The van der Waals surface area contributed by atoms with Gasteiger partial charge >= 0.3 is 5.97 Å². The van der Waals surface area contributed by atoms with E-state index in [1.165, 1.54) is 238 Å². The van der Waals surface area contributed by atoms with Crippen LogP contribution in [-0.4, -0.2) is 47.4 Å². The molecule has 3 N–H and O–H groups in total. The lowest BCUT2D eigenvalue weighted by Gasteiger charge is -2.20. The van der Waals surface area contributed by atoms with Gasteiger partial charge in [-0.2, -0.15) is 0 Å². The molecular weight excluding hydrogens is 827 g/mol. The molecule has 0 fully saturated rings. The molecule has 2 unspecified atom stereocenters. The van der Waals surface area contributed by atoms with Crippen LogP contribution in [0.2, 0.25) is 0 Å². The highest BCUT2D eigenvalue weighted by Crippen LogP contribution is 2.17. The monoisotopic (exact) mass is 942 g/mol. The van der Waals surface area contributed by atoms with E-state index in [0.29, 0.717) is 19.4 Å². The molecule has 0 radical (unpaired) electrons. The predicted octanol–water partition coefficient (Wildman–Crippen LogP) is 18.4. The molecule has 394 valence electrons. The third-order valence-corrected chi connectivity index (χ3v) is 13.7. The van der Waals surface area contributed by atoms with E-state index in [9.17, 15) is 19.8 Å². The molecule has 0 saturated carbocycles. The average Bonchev–Trinajstić information content (AvgIpc) is 3.33. The molecule has 6 nitrogen and oxygen atoms in total. The molecule has 0 bridgehead atoms. The highest BCUT2D eigenvalue weighted by atomic mass is 16.5. The Labute approximate surface area is 417 Å². The number of unbranched alkanes of at least 4 members (excludes halogenated alkanes) is 40. The van der Waals surface area contributed by atoms with Crippen molar-refractivity contribution in [2.75, 3.05) is 13.2 Å². The van der Waals surface area contributed by atoms with Gasteiger partial charge in [-0.05, 0) is 64.2 Å². The van der Waals surface area contributed by atoms with Crippen LogP contribution >= 0.6 is 0 Å². The normalized spacial score (nSPS) is 12.8. The predicted molar refractivity (Wildman–Crippen MR) is 292 cm³/mol. The van der Waals surface area contributed by atoms with Crippen LogP contribution in [-0.2, 0) is 14.3 Å². The third kappa shape index (κ3) is 53.3. The van der Waals surface area contributed by atoms with Crippen molar-refractivity contribution < 1.29 is 24.5 Å². The second kappa shape index (κ2) is 56.7. The molecule has 0 aromatic carbocycles. The molecule has 6 heteroatoms. The molecule has 0 aliphatic carbocycles. The summed E-state index contributed by atoms with van der Waals surface area (Å²) in [5, 5.41) is 23.0. The fraction of sp³-hybridized carbons (Fsp3) is 0.869. The molecule has 0 aliphatic heterocycles. The molecule has 0 saturated heterocycles. The summed E-state index contributed by atoms with van der Waals surface area (Å²) >= 11 is 0. The van der Waals surface area contributed by atoms with Gasteiger partial charge in [0.05, 0.1) is 25.4 Å². The molecule has 0 rings (SSSR count). The Morgan fingerprint density at radius 2 is 0.746 bits per heavy atom. The van der Waals surface area contributed by atoms with E-state index in [1.807, 2.05) is 6.08 Å². The Hall–Kier alpha value is -1.92. The molecule has 0 aromatic heterocycles. The molecular formula is C61H115NO5. The van der Waals surface area contributed by atoms with Gasteiger partial charge in [-0.15, -0.1) is 0 Å². The van der Waals surface area contributed by atoms with Crippen LogP contribution < -0.4 is 5.32 Å². The van der Waals surface area contributed by atoms with Gasteiger partial charge in [-0.1, -0.05) is 275 Å². The lowest BCUT2D eigenvalue weighted by Crippen LogP contribution is -2.45. The Balaban J connectivity index is 3.38. The first-order valence-corrected chi connectivity index (χ1v) is 29.8. The number of carbonyl (C=O) groups is 2. The van der Waals surface area contributed by atoms with Crippen molar-refractivity contribution >= 4 is 11.9 Å². The second-order valence-corrected chi connectivity index (χ2v) is 20.3. The lowest BCUT2D eigenvalue weighted by atomic mass is 10.0. The minimum atomic E-state index is -0.844. The first-order valence-electron chi connectivity index (χ1n) is 29.8. The van der Waals surface area contributed by atoms with Crippen molar-refractivity contribution in [3.8, 4) is 0 Å². The molecule has 0 heterocycles. The standard InChI is InChI=1S/C61H115NO5/c1-3-5-7-9-11-13-15-16-17-18-21-25-28-31-35-39-43-47-51-55-61(66)67-56-52-48-44-40-36-32-29-26-23-20-19-22-24-27-30-34-38-42-46-50-54-60(65)62-58(57-63)59(64)53-49-45-41-37-33-14-12-10-8-6-4-2/h11,13,16-17,49,53,58-59,63-64H,3-10,12,14-15,18-48,50-52,54-57H2,1-2H3,(H,62,65)/b13-11-,17-16-,53-49+. The zero-order valence-corrected chi connectivity index (χ0v) is 44.9. The SMILES string of the molecule is CCCCC/C=C\C/C=C\CCCCCCCCCCCC(=O)OCCCCCCCCCCCCCCCCCCCCCCC(=O)NC(CO)C(O)/C=C/CCCCCCCCCCC. The number of aliphatic hydroxyl groups excluding tert-OH is 2. The summed E-state index contributed by atoms with van der Waals surface area (Å²) in [6, 6.07) is -0.628. The fourth-order valence-corrected chi connectivity index (χ4v) is 9.08. The van der Waals surface area contributed by atoms with Crippen LogP contribution in [0.15, 0.2) is 36.5 Å². The van der Waals surface area contributed by atoms with Gasteiger partial charge in [0.2, 0.25) is 5.91 Å². The number of hydrogen-bond donors (Lipinski definition) is 3. The van der Waals surface area contributed by atoms with Crippen molar-refractivity contribution in [1.29, 1.82) is 0 Å². The minimum absolute atomic E-state index is 0.00593. The smallest absolute Gasteiger partial charge is 0.305 e. The summed E-state index contributed by atoms with van der Waals surface area (Å²) < 4.78 is 5.49. The van der Waals surface area contributed by atoms with Crippen LogP contribution in [0.25, 0.3) is 0 Å². The maximum Gasteiger partial charge on any atom is 0.305 e. The number of esters is 1. The van der Waals surface area contributed by atoms with E-state index in [1.54, 1.807) is 6.08 Å². The van der Waals surface area contributed by atoms with Crippen LogP contribution in [0, 0.1) is 0 Å². The Kier molecular flexibility index (Phi) is 55.0. The molecule has 2 atom stereocenters. The summed E-state index contributed by atoms with van der Waals surface area (Å²) in [4.78, 5) is 24.5. The van der Waals surface area contributed by atoms with E-state index in [0.717, 1.165) is 51.4 Å². The fourth-order valence-electron chi connectivity index (χ4n) is 9.08. The van der Waals surface area contributed by atoms with E-state index in [2.05, 4.69) is 43.5 Å². The van der Waals surface area contributed by atoms with Gasteiger partial charge in [0.15, 0.2) is 0 Å². The highest BCUT2D eigenvalue weighted by molar-refractivity contribution is 5.76. The van der Waals surface area contributed by atoms with Gasteiger partial charge in [-0.25, -0.2) is 0 Å². The van der Waals surface area contributed by atoms with Gasteiger partial charge in [0.25, 0.3) is 0 Å². The first kappa shape index (κ1) is 65.1. The molecule has 0 aromatic rings. The van der Waals surface area contributed by atoms with Crippen molar-refractivity contribution in [1.82, 2.24) is 5.32 Å². The van der Waals surface area contributed by atoms with Gasteiger partial charge in [0.1, 0.15) is 0 Å². The maximum absolute atomic E-state index is 12.4. The molecule has 0 aliphatic rings. The van der Waals surface area contributed by atoms with Crippen molar-refractivity contribution in [2.24, 2.45) is 0 Å². The quantitative estimate of drug-likeness (QED) is 0.0321. The average molecular weight is 943 g/mol. The summed E-state index contributed by atoms with van der Waals surface area (Å²) in [5.74, 6) is -0.0650. The topological polar surface area (TPSA) is 95.9 Å². The lowest BCUT2D eigenvalue weighted by molar-refractivity contribution is -0.143. The van der Waals surface area contributed by atoms with E-state index in [4.69, 9.17) is 4.74 Å². The maximum atomic E-state index is 12.4. The van der Waals surface area contributed by atoms with E-state index >= 15 is 0 Å². The number of allylic oxidation sites excluding steroid dienone is 5. The summed E-state index contributed by atoms with van der Waals surface area (Å²) in [6.07, 6.45) is 70.3. The summed E-state index contributed by atoms with van der Waals surface area (Å²) in [5.41, 5.74) is 0. The van der Waals surface area contributed by atoms with Crippen LogP contribution in [0.5, 0.6) is 0 Å². The zero-order chi connectivity index (χ0) is 48.6. The van der Waals surface area contributed by atoms with E-state index < -0.39 is 12.1 Å². The third-order valence-electron chi connectivity index (χ3n) is 13.7. The number of ether oxygens (including phenoxy) is 1.